The topological polar surface area (TPSA) is 49.4 Å². The van der Waals surface area contributed by atoms with E-state index in [0.29, 0.717) is 23.0 Å². The van der Waals surface area contributed by atoms with Crippen molar-refractivity contribution in [3.63, 3.8) is 0 Å². The second-order valence-corrected chi connectivity index (χ2v) is 9.51. The molecule has 3 rings (SSSR count). The third kappa shape index (κ3) is 6.73. The van der Waals surface area contributed by atoms with Gasteiger partial charge < -0.3 is 10.2 Å². The van der Waals surface area contributed by atoms with E-state index in [-0.39, 0.29) is 24.3 Å². The van der Waals surface area contributed by atoms with Crippen LogP contribution >= 0.6 is 23.2 Å². The SMILES string of the molecule is CC[C@@H](C(=O)NC1CCCCC1)N(Cc1ccc(C)cc1)C(=O)Cc1ccc(Cl)c(Cl)c1. The monoisotopic (exact) mass is 474 g/mol. The predicted octanol–water partition coefficient (Wildman–Crippen LogP) is 6.10. The summed E-state index contributed by atoms with van der Waals surface area (Å²) in [7, 11) is 0. The van der Waals surface area contributed by atoms with E-state index in [9.17, 15) is 9.59 Å². The van der Waals surface area contributed by atoms with Crippen LogP contribution in [0.5, 0.6) is 0 Å². The smallest absolute Gasteiger partial charge is 0.243 e. The molecule has 2 aromatic carbocycles. The Bertz CT molecular complexity index is 924. The number of hydrogen-bond acceptors (Lipinski definition) is 2. The highest BCUT2D eigenvalue weighted by atomic mass is 35.5. The fraction of sp³-hybridized carbons (Fsp3) is 0.462. The first-order valence-electron chi connectivity index (χ1n) is 11.5. The van der Waals surface area contributed by atoms with Gasteiger partial charge in [0.25, 0.3) is 0 Å². The predicted molar refractivity (Wildman–Crippen MR) is 131 cm³/mol. The van der Waals surface area contributed by atoms with E-state index in [1.54, 1.807) is 23.1 Å². The van der Waals surface area contributed by atoms with Gasteiger partial charge in [-0.25, -0.2) is 0 Å². The summed E-state index contributed by atoms with van der Waals surface area (Å²) < 4.78 is 0. The van der Waals surface area contributed by atoms with Crippen LogP contribution < -0.4 is 5.32 Å². The number of amides is 2. The molecule has 2 amide bonds. The van der Waals surface area contributed by atoms with Crippen molar-refractivity contribution in [2.24, 2.45) is 0 Å². The van der Waals surface area contributed by atoms with E-state index in [2.05, 4.69) is 5.32 Å². The molecular formula is C26H32Cl2N2O2. The van der Waals surface area contributed by atoms with Crippen molar-refractivity contribution >= 4 is 35.0 Å². The van der Waals surface area contributed by atoms with Gasteiger partial charge in [0.05, 0.1) is 16.5 Å². The third-order valence-electron chi connectivity index (χ3n) is 6.15. The summed E-state index contributed by atoms with van der Waals surface area (Å²) in [5.41, 5.74) is 2.94. The summed E-state index contributed by atoms with van der Waals surface area (Å²) in [5.74, 6) is -0.163. The second-order valence-electron chi connectivity index (χ2n) is 8.70. The van der Waals surface area contributed by atoms with Gasteiger partial charge in [-0.15, -0.1) is 0 Å². The average molecular weight is 475 g/mol. The second kappa shape index (κ2) is 11.7. The molecule has 6 heteroatoms. The van der Waals surface area contributed by atoms with Crippen LogP contribution in [0, 0.1) is 6.92 Å². The van der Waals surface area contributed by atoms with Crippen molar-refractivity contribution in [2.75, 3.05) is 0 Å². The van der Waals surface area contributed by atoms with Crippen LogP contribution in [-0.4, -0.2) is 28.8 Å². The van der Waals surface area contributed by atoms with Crippen LogP contribution in [0.1, 0.15) is 62.1 Å². The molecule has 4 nitrogen and oxygen atoms in total. The summed E-state index contributed by atoms with van der Waals surface area (Å²) in [5, 5.41) is 4.09. The molecule has 0 aromatic heterocycles. The van der Waals surface area contributed by atoms with Crippen molar-refractivity contribution in [1.29, 1.82) is 0 Å². The molecule has 0 saturated heterocycles. The van der Waals surface area contributed by atoms with Crippen molar-refractivity contribution in [2.45, 2.75) is 77.4 Å². The Morgan fingerprint density at radius 2 is 1.66 bits per heavy atom. The van der Waals surface area contributed by atoms with E-state index in [1.165, 1.54) is 6.42 Å². The lowest BCUT2D eigenvalue weighted by Crippen LogP contribution is -2.51. The molecule has 0 heterocycles. The summed E-state index contributed by atoms with van der Waals surface area (Å²) in [6.45, 7) is 4.38. The van der Waals surface area contributed by atoms with Gasteiger partial charge in [-0.05, 0) is 49.4 Å². The van der Waals surface area contributed by atoms with Gasteiger partial charge in [0.15, 0.2) is 0 Å². The van der Waals surface area contributed by atoms with Crippen LogP contribution in [0.25, 0.3) is 0 Å². The van der Waals surface area contributed by atoms with Crippen LogP contribution in [0.3, 0.4) is 0 Å². The van der Waals surface area contributed by atoms with Gasteiger partial charge in [0.2, 0.25) is 11.8 Å². The number of hydrogen-bond donors (Lipinski definition) is 1. The van der Waals surface area contributed by atoms with E-state index in [4.69, 9.17) is 23.2 Å². The lowest BCUT2D eigenvalue weighted by molar-refractivity contribution is -0.141. The van der Waals surface area contributed by atoms with Gasteiger partial charge in [-0.1, -0.05) is 85.3 Å². The standard InChI is InChI=1S/C26H32Cl2N2O2/c1-3-24(26(32)29-21-7-5-4-6-8-21)30(17-19-11-9-18(2)10-12-19)25(31)16-20-13-14-22(27)23(28)15-20/h9-15,21,24H,3-8,16-17H2,1-2H3,(H,29,32)/t24-/m0/s1. The number of benzene rings is 2. The maximum atomic E-state index is 13.4. The molecule has 1 saturated carbocycles. The minimum atomic E-state index is -0.520. The molecule has 1 aliphatic carbocycles. The summed E-state index contributed by atoms with van der Waals surface area (Å²) >= 11 is 12.2. The Kier molecular flexibility index (Phi) is 9.01. The Morgan fingerprint density at radius 3 is 2.28 bits per heavy atom. The number of carbonyl (C=O) groups is 2. The van der Waals surface area contributed by atoms with Gasteiger partial charge in [-0.2, -0.15) is 0 Å². The largest absolute Gasteiger partial charge is 0.352 e. The highest BCUT2D eigenvalue weighted by Crippen LogP contribution is 2.24. The number of carbonyl (C=O) groups excluding carboxylic acids is 2. The van der Waals surface area contributed by atoms with E-state index in [0.717, 1.165) is 42.4 Å². The summed E-state index contributed by atoms with van der Waals surface area (Å²) in [4.78, 5) is 28.4. The highest BCUT2D eigenvalue weighted by molar-refractivity contribution is 6.42. The zero-order valence-electron chi connectivity index (χ0n) is 18.9. The van der Waals surface area contributed by atoms with Gasteiger partial charge in [0, 0.05) is 12.6 Å². The van der Waals surface area contributed by atoms with Gasteiger partial charge >= 0.3 is 0 Å². The molecule has 32 heavy (non-hydrogen) atoms. The Labute approximate surface area is 201 Å². The van der Waals surface area contributed by atoms with Crippen molar-refractivity contribution in [3.05, 3.63) is 69.2 Å². The highest BCUT2D eigenvalue weighted by Gasteiger charge is 2.30. The minimum Gasteiger partial charge on any atom is -0.352 e. The van der Waals surface area contributed by atoms with Crippen molar-refractivity contribution < 1.29 is 9.59 Å². The Morgan fingerprint density at radius 1 is 1.00 bits per heavy atom. The maximum absolute atomic E-state index is 13.4. The molecule has 1 aliphatic rings. The Hall–Kier alpha value is -2.04. The summed E-state index contributed by atoms with van der Waals surface area (Å²) in [6.07, 6.45) is 6.25. The average Bonchev–Trinajstić information content (AvgIpc) is 2.78. The molecule has 1 atom stereocenters. The van der Waals surface area contributed by atoms with Crippen molar-refractivity contribution in [3.8, 4) is 0 Å². The molecular weight excluding hydrogens is 443 g/mol. The van der Waals surface area contributed by atoms with Crippen LogP contribution in [0.15, 0.2) is 42.5 Å². The first kappa shape index (κ1) is 24.6. The fourth-order valence-electron chi connectivity index (χ4n) is 4.28. The van der Waals surface area contributed by atoms with Crippen LogP contribution in [-0.2, 0) is 22.6 Å². The molecule has 0 bridgehead atoms. The molecule has 172 valence electrons. The first-order valence-corrected chi connectivity index (χ1v) is 12.2. The minimum absolute atomic E-state index is 0.0611. The van der Waals surface area contributed by atoms with Crippen molar-refractivity contribution in [1.82, 2.24) is 10.2 Å². The lowest BCUT2D eigenvalue weighted by Gasteiger charge is -2.33. The number of aryl methyl sites for hydroxylation is 1. The summed E-state index contributed by atoms with van der Waals surface area (Å²) in [6, 6.07) is 13.0. The molecule has 1 fully saturated rings. The third-order valence-corrected chi connectivity index (χ3v) is 6.89. The molecule has 0 radical (unpaired) electrons. The molecule has 0 spiro atoms. The number of halogens is 2. The van der Waals surface area contributed by atoms with Crippen LogP contribution in [0.4, 0.5) is 0 Å². The molecule has 0 aliphatic heterocycles. The van der Waals surface area contributed by atoms with Gasteiger partial charge in [-0.3, -0.25) is 9.59 Å². The zero-order valence-corrected chi connectivity index (χ0v) is 20.4. The van der Waals surface area contributed by atoms with Gasteiger partial charge in [0.1, 0.15) is 6.04 Å². The quantitative estimate of drug-likeness (QED) is 0.502. The Balaban J connectivity index is 1.81. The maximum Gasteiger partial charge on any atom is 0.243 e. The fourth-order valence-corrected chi connectivity index (χ4v) is 4.60. The van der Waals surface area contributed by atoms with E-state index < -0.39 is 6.04 Å². The normalized spacial score (nSPS) is 15.2. The lowest BCUT2D eigenvalue weighted by atomic mass is 9.95. The van der Waals surface area contributed by atoms with E-state index >= 15 is 0 Å². The van der Waals surface area contributed by atoms with E-state index in [1.807, 2.05) is 38.1 Å². The number of rotatable bonds is 8. The zero-order chi connectivity index (χ0) is 23.1. The van der Waals surface area contributed by atoms with Crippen LogP contribution in [0.2, 0.25) is 10.0 Å². The number of nitrogens with one attached hydrogen (secondary N) is 1. The first-order chi connectivity index (χ1) is 15.4. The molecule has 2 aromatic rings. The molecule has 0 unspecified atom stereocenters. The molecule has 1 N–H and O–H groups in total. The number of nitrogens with zero attached hydrogens (tertiary/aromatic N) is 1.